The molecule has 0 radical (unpaired) electrons. The van der Waals surface area contributed by atoms with Crippen LogP contribution in [0.2, 0.25) is 0 Å². The number of non-ortho nitro benzene ring substituents is 1. The van der Waals surface area contributed by atoms with Gasteiger partial charge in [0.25, 0.3) is 5.69 Å². The Balaban J connectivity index is 0.000000212. The number of fused-ring (bicyclic) bond motifs is 2. The Bertz CT molecular complexity index is 2230. The molecule has 9 rings (SSSR count). The molecule has 77 heavy (non-hydrogen) atoms. The summed E-state index contributed by atoms with van der Waals surface area (Å²) >= 11 is 3.42. The number of carbonyl (C=O) groups is 3. The number of carboxylic acid groups (broad SMARTS) is 1. The molecule has 24 heteroatoms. The first-order valence-corrected chi connectivity index (χ1v) is 26.9. The van der Waals surface area contributed by atoms with Crippen molar-refractivity contribution in [2.24, 2.45) is 11.8 Å². The topological polar surface area (TPSA) is 287 Å². The molecule has 10 atom stereocenters. The number of nitrogens with one attached hydrogen (secondary N) is 3. The number of nitrogens with zero attached hydrogens (tertiary/aromatic N) is 2. The number of carbonyl (C=O) groups excluding carboxylic acids is 2. The fraction of sp³-hybridized carbons (Fsp3) is 0.604. The van der Waals surface area contributed by atoms with Crippen LogP contribution < -0.4 is 16.1 Å². The zero-order valence-corrected chi connectivity index (χ0v) is 43.9. The number of hydrogen-bond donors (Lipinski definition) is 7. The lowest BCUT2D eigenvalue weighted by Gasteiger charge is -2.33. The van der Waals surface area contributed by atoms with E-state index < -0.39 is 53.5 Å². The SMILES string of the molecule is O=C(NC(Cc1ccccc1)C(O)CN(Cc1ccc([N+](=O)[O-])cc1)OC1CCOCC1)OC1COC2OCCC12.O=C(NC(Cc1ccccc1)C(O)CNOC1CCOCC1)OC1COC2OCCC12.O=C(O)CS. The lowest BCUT2D eigenvalue weighted by atomic mass is 10.0. The molecule has 10 unspecified atom stereocenters. The van der Waals surface area contributed by atoms with E-state index >= 15 is 0 Å². The van der Waals surface area contributed by atoms with Crippen LogP contribution in [0.3, 0.4) is 0 Å². The number of aliphatic hydroxyl groups excluding tert-OH is 2. The van der Waals surface area contributed by atoms with Crippen molar-refractivity contribution in [3.63, 3.8) is 0 Å². The van der Waals surface area contributed by atoms with Gasteiger partial charge in [0.15, 0.2) is 12.6 Å². The van der Waals surface area contributed by atoms with Gasteiger partial charge in [-0.15, -0.1) is 0 Å². The quantitative estimate of drug-likeness (QED) is 0.0423. The largest absolute Gasteiger partial charge is 0.481 e. The Morgan fingerprint density at radius 2 is 1.14 bits per heavy atom. The summed E-state index contributed by atoms with van der Waals surface area (Å²) in [5.41, 5.74) is 5.60. The zero-order valence-electron chi connectivity index (χ0n) is 43.0. The van der Waals surface area contributed by atoms with Crippen LogP contribution >= 0.6 is 12.6 Å². The van der Waals surface area contributed by atoms with E-state index in [1.54, 1.807) is 17.2 Å². The summed E-state index contributed by atoms with van der Waals surface area (Å²) in [6.45, 7) is 4.86. The summed E-state index contributed by atoms with van der Waals surface area (Å²) < 4.78 is 44.2. The van der Waals surface area contributed by atoms with Crippen molar-refractivity contribution in [3.8, 4) is 0 Å². The van der Waals surface area contributed by atoms with Gasteiger partial charge in [0.05, 0.1) is 92.0 Å². The van der Waals surface area contributed by atoms with Gasteiger partial charge >= 0.3 is 18.2 Å². The van der Waals surface area contributed by atoms with Crippen LogP contribution in [-0.4, -0.2) is 176 Å². The minimum atomic E-state index is -1.02. The molecule has 6 N–H and O–H groups in total. The van der Waals surface area contributed by atoms with E-state index in [9.17, 15) is 34.7 Å². The van der Waals surface area contributed by atoms with Gasteiger partial charge < -0.3 is 63.8 Å². The standard InChI is InChI=1S/C29H37N3O9.C22H32N2O7.C2H4O2S/c33-26(18-31(41-23-10-13-37-14-11-23)17-21-6-8-22(9-7-21)32(35)36)25(16-20-4-2-1-3-5-20)30-29(34)40-27-19-39-28-24(27)12-15-38-28;25-19(13-23-31-16-6-9-27-10-7-16)18(12-15-4-2-1-3-5-15)24-22(26)30-20-14-29-21-17(20)8-11-28-21;3-2(4)1-5/h1-9,23-28,33H,10-19H2,(H,30,34);1-5,16-21,23,25H,6-14H2,(H,24,26);5H,1H2,(H,3,4). The molecule has 6 fully saturated rings. The molecule has 6 aliphatic heterocycles. The third kappa shape index (κ3) is 19.7. The Morgan fingerprint density at radius 3 is 1.62 bits per heavy atom. The highest BCUT2D eigenvalue weighted by molar-refractivity contribution is 7.81. The number of rotatable bonds is 22. The average Bonchev–Trinajstić information content (AvgIpc) is 4.28. The van der Waals surface area contributed by atoms with Crippen molar-refractivity contribution in [1.29, 1.82) is 0 Å². The Morgan fingerprint density at radius 1 is 0.662 bits per heavy atom. The summed E-state index contributed by atoms with van der Waals surface area (Å²) in [7, 11) is 0. The van der Waals surface area contributed by atoms with Gasteiger partial charge in [-0.1, -0.05) is 72.8 Å². The van der Waals surface area contributed by atoms with Crippen LogP contribution in [0, 0.1) is 22.0 Å². The summed E-state index contributed by atoms with van der Waals surface area (Å²) in [6, 6.07) is 24.3. The van der Waals surface area contributed by atoms with E-state index in [0.29, 0.717) is 71.9 Å². The van der Waals surface area contributed by atoms with Gasteiger partial charge in [-0.05, 0) is 68.1 Å². The van der Waals surface area contributed by atoms with E-state index in [-0.39, 0.29) is 80.4 Å². The van der Waals surface area contributed by atoms with Crippen LogP contribution in [0.15, 0.2) is 84.9 Å². The predicted octanol–water partition coefficient (Wildman–Crippen LogP) is 4.11. The van der Waals surface area contributed by atoms with Crippen LogP contribution in [-0.2, 0) is 71.8 Å². The van der Waals surface area contributed by atoms with Gasteiger partial charge in [0.2, 0.25) is 0 Å². The molecule has 23 nitrogen and oxygen atoms in total. The number of thiol groups is 1. The number of amides is 2. The normalized spacial score (nSPS) is 24.6. The molecule has 0 aromatic heterocycles. The number of hydroxylamine groups is 3. The van der Waals surface area contributed by atoms with Crippen molar-refractivity contribution in [2.75, 3.05) is 71.7 Å². The van der Waals surface area contributed by atoms with Gasteiger partial charge in [-0.3, -0.25) is 24.6 Å². The zero-order chi connectivity index (χ0) is 54.4. The number of hydrogen-bond acceptors (Lipinski definition) is 20. The smallest absolute Gasteiger partial charge is 0.407 e. The van der Waals surface area contributed by atoms with Gasteiger partial charge in [-0.2, -0.15) is 23.2 Å². The maximum atomic E-state index is 13.0. The molecule has 6 saturated heterocycles. The third-order valence-corrected chi connectivity index (χ3v) is 14.1. The minimum Gasteiger partial charge on any atom is -0.481 e. The molecule has 0 saturated carbocycles. The number of carboxylic acids is 1. The van der Waals surface area contributed by atoms with E-state index in [1.807, 2.05) is 60.7 Å². The molecule has 424 valence electrons. The maximum absolute atomic E-state index is 13.0. The molecule has 0 spiro atoms. The van der Waals surface area contributed by atoms with Crippen molar-refractivity contribution >= 4 is 36.5 Å². The highest BCUT2D eigenvalue weighted by Gasteiger charge is 2.45. The van der Waals surface area contributed by atoms with Gasteiger partial charge in [0.1, 0.15) is 12.2 Å². The number of aliphatic hydroxyl groups is 2. The van der Waals surface area contributed by atoms with Crippen molar-refractivity contribution in [3.05, 3.63) is 112 Å². The molecule has 3 aromatic rings. The maximum Gasteiger partial charge on any atom is 0.407 e. The first-order chi connectivity index (χ1) is 37.4. The van der Waals surface area contributed by atoms with Crippen LogP contribution in [0.5, 0.6) is 0 Å². The van der Waals surface area contributed by atoms with Gasteiger partial charge in [-0.25, -0.2) is 9.59 Å². The third-order valence-electron chi connectivity index (χ3n) is 13.8. The molecule has 2 amide bonds. The van der Waals surface area contributed by atoms with Crippen molar-refractivity contribution in [1.82, 2.24) is 21.2 Å². The number of nitro groups is 1. The average molecular weight is 1100 g/mol. The number of alkyl carbamates (subject to hydrolysis) is 2. The van der Waals surface area contributed by atoms with E-state index in [2.05, 4.69) is 28.7 Å². The summed E-state index contributed by atoms with van der Waals surface area (Å²) in [6.07, 6.45) is 0.983. The second-order valence-corrected chi connectivity index (χ2v) is 19.8. The highest BCUT2D eigenvalue weighted by Crippen LogP contribution is 2.34. The van der Waals surface area contributed by atoms with Crippen LogP contribution in [0.1, 0.15) is 55.2 Å². The van der Waals surface area contributed by atoms with Gasteiger partial charge in [0, 0.05) is 51.6 Å². The fourth-order valence-corrected chi connectivity index (χ4v) is 9.63. The molecule has 0 aliphatic carbocycles. The lowest BCUT2D eigenvalue weighted by Crippen LogP contribution is -2.51. The molecular formula is C53H73N5O18S. The highest BCUT2D eigenvalue weighted by atomic mass is 32.1. The van der Waals surface area contributed by atoms with E-state index in [4.69, 9.17) is 52.7 Å². The summed E-state index contributed by atoms with van der Waals surface area (Å²) in [4.78, 5) is 57.5. The van der Waals surface area contributed by atoms with Crippen molar-refractivity contribution < 1.29 is 82.2 Å². The van der Waals surface area contributed by atoms with Crippen LogP contribution in [0.25, 0.3) is 0 Å². The fourth-order valence-electron chi connectivity index (χ4n) is 9.63. The van der Waals surface area contributed by atoms with E-state index in [0.717, 1.165) is 42.4 Å². The number of aliphatic carboxylic acids is 1. The Kier molecular flexibility index (Phi) is 24.4. The first kappa shape index (κ1) is 59.6. The molecule has 6 heterocycles. The number of nitro benzene ring substituents is 1. The second-order valence-electron chi connectivity index (χ2n) is 19.4. The monoisotopic (exact) mass is 1100 g/mol. The number of ether oxygens (including phenoxy) is 8. The lowest BCUT2D eigenvalue weighted by molar-refractivity contribution is -0.384. The summed E-state index contributed by atoms with van der Waals surface area (Å²) in [5.74, 6) is -0.894. The predicted molar refractivity (Wildman–Crippen MR) is 277 cm³/mol. The van der Waals surface area contributed by atoms with Crippen LogP contribution in [0.4, 0.5) is 15.3 Å². The molecular weight excluding hydrogens is 1030 g/mol. The van der Waals surface area contributed by atoms with E-state index in [1.165, 1.54) is 12.1 Å². The Hall–Kier alpha value is -5.06. The summed E-state index contributed by atoms with van der Waals surface area (Å²) in [5, 5.41) is 48.4. The molecule has 3 aromatic carbocycles. The molecule has 6 aliphatic rings. The second kappa shape index (κ2) is 31.5. The Labute approximate surface area is 452 Å². The molecule has 0 bridgehead atoms. The van der Waals surface area contributed by atoms with Crippen molar-refractivity contribution in [2.45, 2.75) is 119 Å². The first-order valence-electron chi connectivity index (χ1n) is 26.3. The number of benzene rings is 3. The minimum absolute atomic E-state index is 0.000491.